The number of nitrogens with zero attached hydrogens (tertiary/aromatic N) is 1. The summed E-state index contributed by atoms with van der Waals surface area (Å²) in [5.74, 6) is -0.606. The van der Waals surface area contributed by atoms with Crippen LogP contribution in [0.2, 0.25) is 0 Å². The molecule has 2 atom stereocenters. The van der Waals surface area contributed by atoms with Crippen LogP contribution in [0.3, 0.4) is 0 Å². The summed E-state index contributed by atoms with van der Waals surface area (Å²) in [5, 5.41) is 8.92. The summed E-state index contributed by atoms with van der Waals surface area (Å²) in [6.07, 6.45) is 3.29. The van der Waals surface area contributed by atoms with Crippen LogP contribution < -0.4 is 0 Å². The van der Waals surface area contributed by atoms with E-state index in [-0.39, 0.29) is 18.4 Å². The Hall–Kier alpha value is -1.78. The van der Waals surface area contributed by atoms with Gasteiger partial charge < -0.3 is 14.4 Å². The standard InChI is InChI=1S/C13H17NO4/c1-9(4-5-11-3-2-6-18-11)14-8-10(13(16)17)7-12(14)15/h2-3,6,9-10H,4-5,7-8H2,1H3,(H,16,17). The molecule has 98 valence electrons. The third kappa shape index (κ3) is 2.72. The maximum absolute atomic E-state index is 11.7. The number of carboxylic acids is 1. The first-order chi connectivity index (χ1) is 8.58. The molecule has 5 nitrogen and oxygen atoms in total. The number of carbonyl (C=O) groups excluding carboxylic acids is 1. The predicted molar refractivity (Wildman–Crippen MR) is 63.9 cm³/mol. The van der Waals surface area contributed by atoms with Crippen molar-refractivity contribution < 1.29 is 19.1 Å². The van der Waals surface area contributed by atoms with E-state index < -0.39 is 11.9 Å². The fraction of sp³-hybridized carbons (Fsp3) is 0.538. The van der Waals surface area contributed by atoms with Gasteiger partial charge in [0.15, 0.2) is 0 Å². The highest BCUT2D eigenvalue weighted by atomic mass is 16.4. The van der Waals surface area contributed by atoms with Crippen LogP contribution in [0.5, 0.6) is 0 Å². The van der Waals surface area contributed by atoms with Gasteiger partial charge in [0.25, 0.3) is 0 Å². The van der Waals surface area contributed by atoms with E-state index in [4.69, 9.17) is 9.52 Å². The van der Waals surface area contributed by atoms with Crippen molar-refractivity contribution in [2.45, 2.75) is 32.2 Å². The zero-order valence-corrected chi connectivity index (χ0v) is 10.3. The van der Waals surface area contributed by atoms with E-state index in [1.165, 1.54) is 0 Å². The third-order valence-electron chi connectivity index (χ3n) is 3.43. The molecule has 1 aliphatic heterocycles. The molecule has 1 fully saturated rings. The van der Waals surface area contributed by atoms with Crippen molar-refractivity contribution in [3.63, 3.8) is 0 Å². The summed E-state index contributed by atoms with van der Waals surface area (Å²) in [6.45, 7) is 2.28. The van der Waals surface area contributed by atoms with Gasteiger partial charge in [-0.3, -0.25) is 9.59 Å². The quantitative estimate of drug-likeness (QED) is 0.861. The van der Waals surface area contributed by atoms with Crippen LogP contribution in [0.4, 0.5) is 0 Å². The van der Waals surface area contributed by atoms with Crippen molar-refractivity contribution in [2.24, 2.45) is 5.92 Å². The Balaban J connectivity index is 1.87. The lowest BCUT2D eigenvalue weighted by Gasteiger charge is -2.24. The smallest absolute Gasteiger partial charge is 0.308 e. The Morgan fingerprint density at radius 2 is 2.44 bits per heavy atom. The van der Waals surface area contributed by atoms with Crippen LogP contribution in [0.15, 0.2) is 22.8 Å². The van der Waals surface area contributed by atoms with E-state index in [1.54, 1.807) is 11.2 Å². The lowest BCUT2D eigenvalue weighted by Crippen LogP contribution is -2.35. The zero-order chi connectivity index (χ0) is 13.1. The first kappa shape index (κ1) is 12.7. The van der Waals surface area contributed by atoms with Gasteiger partial charge in [0, 0.05) is 25.4 Å². The predicted octanol–water partition coefficient (Wildman–Crippen LogP) is 1.53. The topological polar surface area (TPSA) is 70.8 Å². The van der Waals surface area contributed by atoms with Gasteiger partial charge in [-0.2, -0.15) is 0 Å². The second kappa shape index (κ2) is 5.25. The number of furan rings is 1. The van der Waals surface area contributed by atoms with Crippen molar-refractivity contribution in [3.05, 3.63) is 24.2 Å². The van der Waals surface area contributed by atoms with Gasteiger partial charge in [-0.25, -0.2) is 0 Å². The summed E-state index contributed by atoms with van der Waals surface area (Å²) < 4.78 is 5.24. The molecule has 0 spiro atoms. The number of rotatable bonds is 5. The highest BCUT2D eigenvalue weighted by molar-refractivity contribution is 5.86. The molecule has 2 heterocycles. The maximum atomic E-state index is 11.7. The fourth-order valence-corrected chi connectivity index (χ4v) is 2.28. The number of hydrogen-bond donors (Lipinski definition) is 1. The van der Waals surface area contributed by atoms with Crippen LogP contribution in [-0.2, 0) is 16.0 Å². The van der Waals surface area contributed by atoms with Gasteiger partial charge in [-0.05, 0) is 25.5 Å². The van der Waals surface area contributed by atoms with Crippen LogP contribution >= 0.6 is 0 Å². The fourth-order valence-electron chi connectivity index (χ4n) is 2.28. The average molecular weight is 251 g/mol. The summed E-state index contributed by atoms with van der Waals surface area (Å²) in [5.41, 5.74) is 0. The zero-order valence-electron chi connectivity index (χ0n) is 10.3. The molecular weight excluding hydrogens is 234 g/mol. The molecule has 5 heteroatoms. The lowest BCUT2D eigenvalue weighted by atomic mass is 10.1. The van der Waals surface area contributed by atoms with E-state index in [1.807, 2.05) is 19.1 Å². The Morgan fingerprint density at radius 3 is 3.00 bits per heavy atom. The number of carbonyl (C=O) groups is 2. The van der Waals surface area contributed by atoms with Crippen molar-refractivity contribution in [1.82, 2.24) is 4.90 Å². The van der Waals surface area contributed by atoms with E-state index in [2.05, 4.69) is 0 Å². The Kier molecular flexibility index (Phi) is 3.69. The number of aryl methyl sites for hydroxylation is 1. The van der Waals surface area contributed by atoms with Gasteiger partial charge in [0.1, 0.15) is 5.76 Å². The van der Waals surface area contributed by atoms with Gasteiger partial charge in [-0.1, -0.05) is 0 Å². The minimum atomic E-state index is -0.885. The normalized spacial score (nSPS) is 21.3. The van der Waals surface area contributed by atoms with Crippen molar-refractivity contribution in [3.8, 4) is 0 Å². The monoisotopic (exact) mass is 251 g/mol. The summed E-state index contributed by atoms with van der Waals surface area (Å²) in [7, 11) is 0. The Morgan fingerprint density at radius 1 is 1.67 bits per heavy atom. The molecule has 0 radical (unpaired) electrons. The second-order valence-electron chi connectivity index (χ2n) is 4.75. The largest absolute Gasteiger partial charge is 0.481 e. The third-order valence-corrected chi connectivity index (χ3v) is 3.43. The first-order valence-corrected chi connectivity index (χ1v) is 6.12. The van der Waals surface area contributed by atoms with Crippen molar-refractivity contribution >= 4 is 11.9 Å². The Bertz CT molecular complexity index is 426. The van der Waals surface area contributed by atoms with Gasteiger partial charge in [0.05, 0.1) is 12.2 Å². The van der Waals surface area contributed by atoms with Crippen molar-refractivity contribution in [2.75, 3.05) is 6.54 Å². The maximum Gasteiger partial charge on any atom is 0.308 e. The molecule has 0 aliphatic carbocycles. The van der Waals surface area contributed by atoms with E-state index >= 15 is 0 Å². The van der Waals surface area contributed by atoms with Gasteiger partial charge >= 0.3 is 5.97 Å². The molecule has 1 N–H and O–H groups in total. The highest BCUT2D eigenvalue weighted by Crippen LogP contribution is 2.22. The SMILES string of the molecule is CC(CCc1ccco1)N1CC(C(=O)O)CC1=O. The molecule has 1 aliphatic rings. The van der Waals surface area contributed by atoms with Crippen molar-refractivity contribution in [1.29, 1.82) is 0 Å². The van der Waals surface area contributed by atoms with Gasteiger partial charge in [0.2, 0.25) is 5.91 Å². The number of carboxylic acid groups (broad SMARTS) is 1. The van der Waals surface area contributed by atoms with Crippen LogP contribution in [0.25, 0.3) is 0 Å². The van der Waals surface area contributed by atoms with E-state index in [0.717, 1.165) is 18.6 Å². The highest BCUT2D eigenvalue weighted by Gasteiger charge is 2.36. The molecule has 2 rings (SSSR count). The molecule has 1 amide bonds. The van der Waals surface area contributed by atoms with Crippen LogP contribution in [0, 0.1) is 5.92 Å². The molecule has 2 unspecified atom stereocenters. The molecule has 1 aromatic rings. The molecule has 0 aromatic carbocycles. The van der Waals surface area contributed by atoms with E-state index in [9.17, 15) is 9.59 Å². The van der Waals surface area contributed by atoms with Crippen LogP contribution in [0.1, 0.15) is 25.5 Å². The second-order valence-corrected chi connectivity index (χ2v) is 4.75. The number of aliphatic carboxylic acids is 1. The molecule has 1 aromatic heterocycles. The Labute approximate surface area is 105 Å². The molecular formula is C13H17NO4. The molecule has 1 saturated heterocycles. The lowest BCUT2D eigenvalue weighted by molar-refractivity contribution is -0.141. The van der Waals surface area contributed by atoms with Gasteiger partial charge in [-0.15, -0.1) is 0 Å². The van der Waals surface area contributed by atoms with Crippen LogP contribution in [-0.4, -0.2) is 34.5 Å². The molecule has 0 bridgehead atoms. The number of likely N-dealkylation sites (tertiary alicyclic amines) is 1. The molecule has 0 saturated carbocycles. The summed E-state index contributed by atoms with van der Waals surface area (Å²) in [6, 6.07) is 3.78. The molecule has 18 heavy (non-hydrogen) atoms. The summed E-state index contributed by atoms with van der Waals surface area (Å²) in [4.78, 5) is 24.3. The number of amides is 1. The summed E-state index contributed by atoms with van der Waals surface area (Å²) >= 11 is 0. The minimum absolute atomic E-state index is 0.0481. The average Bonchev–Trinajstić information content (AvgIpc) is 2.94. The van der Waals surface area contributed by atoms with E-state index in [0.29, 0.717) is 6.54 Å². The number of hydrogen-bond acceptors (Lipinski definition) is 3. The minimum Gasteiger partial charge on any atom is -0.481 e. The first-order valence-electron chi connectivity index (χ1n) is 6.12.